The molecule has 0 radical (unpaired) electrons. The Kier molecular flexibility index (Phi) is 2.93. The summed E-state index contributed by atoms with van der Waals surface area (Å²) in [4.78, 5) is 4.39. The highest BCUT2D eigenvalue weighted by molar-refractivity contribution is 7.22. The van der Waals surface area contributed by atoms with Crippen molar-refractivity contribution in [1.82, 2.24) is 4.98 Å². The Balaban J connectivity index is 1.94. The van der Waals surface area contributed by atoms with Crippen molar-refractivity contribution in [3.8, 4) is 11.5 Å². The van der Waals surface area contributed by atoms with Gasteiger partial charge in [-0.1, -0.05) is 22.9 Å². The lowest BCUT2D eigenvalue weighted by atomic mass is 10.3. The molecule has 3 aromatic rings. The Hall–Kier alpha value is -1.98. The fourth-order valence-electron chi connectivity index (χ4n) is 1.67. The molecule has 0 aliphatic rings. The van der Waals surface area contributed by atoms with Crippen LogP contribution in [0.5, 0.6) is 11.5 Å². The average molecular weight is 293 g/mol. The number of aromatic nitrogens is 1. The number of benzene rings is 2. The number of hydrogen-bond donors (Lipinski definition) is 3. The summed E-state index contributed by atoms with van der Waals surface area (Å²) in [7, 11) is 0. The fraction of sp³-hybridized carbons (Fsp3) is 0. The molecule has 0 fully saturated rings. The van der Waals surface area contributed by atoms with Gasteiger partial charge in [0.05, 0.1) is 15.2 Å². The molecule has 0 saturated carbocycles. The number of nitrogens with one attached hydrogen (secondary N) is 1. The summed E-state index contributed by atoms with van der Waals surface area (Å²) in [5.74, 6) is 0.261. The third-order valence-corrected chi connectivity index (χ3v) is 3.81. The minimum absolute atomic E-state index is 0.0430. The van der Waals surface area contributed by atoms with Crippen molar-refractivity contribution in [3.05, 3.63) is 41.4 Å². The smallest absolute Gasteiger partial charge is 0.188 e. The van der Waals surface area contributed by atoms with Gasteiger partial charge in [-0.25, -0.2) is 4.98 Å². The van der Waals surface area contributed by atoms with Gasteiger partial charge in [-0.15, -0.1) is 0 Å². The van der Waals surface area contributed by atoms with Crippen molar-refractivity contribution >= 4 is 44.0 Å². The number of phenolic OH excluding ortho intramolecular Hbond substituents is 2. The number of fused-ring (bicyclic) bond motifs is 1. The minimum atomic E-state index is 0.0430. The van der Waals surface area contributed by atoms with E-state index in [9.17, 15) is 10.2 Å². The average Bonchev–Trinajstić information content (AvgIpc) is 2.75. The van der Waals surface area contributed by atoms with E-state index >= 15 is 0 Å². The first-order chi connectivity index (χ1) is 9.11. The summed E-state index contributed by atoms with van der Waals surface area (Å²) < 4.78 is 0.896. The van der Waals surface area contributed by atoms with Crippen LogP contribution in [0.4, 0.5) is 10.8 Å². The van der Waals surface area contributed by atoms with E-state index in [2.05, 4.69) is 10.3 Å². The van der Waals surface area contributed by atoms with Gasteiger partial charge in [0, 0.05) is 5.69 Å². The quantitative estimate of drug-likeness (QED) is 0.622. The molecule has 1 aromatic heterocycles. The monoisotopic (exact) mass is 292 g/mol. The molecular formula is C13H9ClN2O2S. The Labute approximate surface area is 117 Å². The van der Waals surface area contributed by atoms with Crippen molar-refractivity contribution in [1.29, 1.82) is 0 Å². The maximum absolute atomic E-state index is 9.41. The molecule has 4 nitrogen and oxygen atoms in total. The minimum Gasteiger partial charge on any atom is -0.508 e. The summed E-state index contributed by atoms with van der Waals surface area (Å²) >= 11 is 7.27. The van der Waals surface area contributed by atoms with Gasteiger partial charge in [0.25, 0.3) is 0 Å². The summed E-state index contributed by atoms with van der Waals surface area (Å²) in [6.45, 7) is 0. The fourth-order valence-corrected chi connectivity index (χ4v) is 2.77. The number of nitrogens with zero attached hydrogens (tertiary/aromatic N) is 1. The maximum Gasteiger partial charge on any atom is 0.188 e. The molecule has 0 atom stereocenters. The molecule has 0 bridgehead atoms. The van der Waals surface area contributed by atoms with Crippen LogP contribution < -0.4 is 5.32 Å². The predicted octanol–water partition coefficient (Wildman–Crippen LogP) is 4.10. The lowest BCUT2D eigenvalue weighted by Gasteiger charge is -2.03. The summed E-state index contributed by atoms with van der Waals surface area (Å²) in [5, 5.41) is 22.9. The van der Waals surface area contributed by atoms with E-state index < -0.39 is 0 Å². The van der Waals surface area contributed by atoms with E-state index in [-0.39, 0.29) is 16.5 Å². The van der Waals surface area contributed by atoms with Gasteiger partial charge in [-0.05, 0) is 36.4 Å². The lowest BCUT2D eigenvalue weighted by molar-refractivity contribution is 0.475. The summed E-state index contributed by atoms with van der Waals surface area (Å²) in [6, 6.07) is 9.89. The standard InChI is InChI=1S/C13H9ClN2O2S/c14-9-5-7(1-4-11(9)18)15-13-16-10-3-2-8(17)6-12(10)19-13/h1-6,17-18H,(H,15,16). The second-order valence-electron chi connectivity index (χ2n) is 3.96. The van der Waals surface area contributed by atoms with Crippen molar-refractivity contribution < 1.29 is 10.2 Å². The van der Waals surface area contributed by atoms with Gasteiger partial charge >= 0.3 is 0 Å². The molecule has 0 saturated heterocycles. The molecule has 0 aliphatic heterocycles. The van der Waals surface area contributed by atoms with Crippen molar-refractivity contribution in [3.63, 3.8) is 0 Å². The summed E-state index contributed by atoms with van der Waals surface area (Å²) in [5.41, 5.74) is 1.56. The number of anilines is 2. The first-order valence-corrected chi connectivity index (χ1v) is 6.66. The highest BCUT2D eigenvalue weighted by Gasteiger charge is 2.06. The molecule has 0 amide bonds. The molecule has 1 heterocycles. The zero-order valence-corrected chi connectivity index (χ0v) is 11.2. The Morgan fingerprint density at radius 2 is 1.95 bits per heavy atom. The second-order valence-corrected chi connectivity index (χ2v) is 5.40. The summed E-state index contributed by atoms with van der Waals surface area (Å²) in [6.07, 6.45) is 0. The van der Waals surface area contributed by atoms with Crippen molar-refractivity contribution in [2.75, 3.05) is 5.32 Å². The molecule has 0 spiro atoms. The number of thiazole rings is 1. The number of aromatic hydroxyl groups is 2. The van der Waals surface area contributed by atoms with E-state index in [0.717, 1.165) is 15.9 Å². The van der Waals surface area contributed by atoms with Gasteiger partial charge in [-0.2, -0.15) is 0 Å². The molecule has 3 rings (SSSR count). The number of halogens is 1. The van der Waals surface area contributed by atoms with Crippen LogP contribution in [0.3, 0.4) is 0 Å². The third kappa shape index (κ3) is 2.43. The van der Waals surface area contributed by atoms with Crippen LogP contribution in [0.2, 0.25) is 5.02 Å². The number of phenols is 2. The van der Waals surface area contributed by atoms with E-state index in [0.29, 0.717) is 5.13 Å². The third-order valence-electron chi connectivity index (χ3n) is 2.57. The van der Waals surface area contributed by atoms with Crippen LogP contribution >= 0.6 is 22.9 Å². The molecule has 0 aliphatic carbocycles. The molecule has 19 heavy (non-hydrogen) atoms. The topological polar surface area (TPSA) is 65.4 Å². The van der Waals surface area contributed by atoms with E-state index in [1.165, 1.54) is 17.4 Å². The highest BCUT2D eigenvalue weighted by atomic mass is 35.5. The van der Waals surface area contributed by atoms with Crippen molar-refractivity contribution in [2.45, 2.75) is 0 Å². The number of rotatable bonds is 2. The molecule has 3 N–H and O–H groups in total. The van der Waals surface area contributed by atoms with E-state index in [4.69, 9.17) is 11.6 Å². The Bertz CT molecular complexity index is 757. The predicted molar refractivity (Wildman–Crippen MR) is 77.7 cm³/mol. The van der Waals surface area contributed by atoms with Crippen LogP contribution in [-0.4, -0.2) is 15.2 Å². The zero-order chi connectivity index (χ0) is 13.4. The first-order valence-electron chi connectivity index (χ1n) is 5.47. The van der Waals surface area contributed by atoms with Gasteiger partial charge < -0.3 is 15.5 Å². The van der Waals surface area contributed by atoms with Gasteiger partial charge in [0.15, 0.2) is 5.13 Å². The molecule has 96 valence electrons. The Morgan fingerprint density at radius 3 is 2.74 bits per heavy atom. The molecule has 6 heteroatoms. The van der Waals surface area contributed by atoms with Crippen molar-refractivity contribution in [2.24, 2.45) is 0 Å². The number of hydrogen-bond acceptors (Lipinski definition) is 5. The highest BCUT2D eigenvalue weighted by Crippen LogP contribution is 2.32. The molecule has 0 unspecified atom stereocenters. The van der Waals surface area contributed by atoms with Crippen LogP contribution in [0.15, 0.2) is 36.4 Å². The van der Waals surface area contributed by atoms with E-state index in [1.54, 1.807) is 30.3 Å². The van der Waals surface area contributed by atoms with Crippen LogP contribution in [0.1, 0.15) is 0 Å². The Morgan fingerprint density at radius 1 is 1.11 bits per heavy atom. The van der Waals surface area contributed by atoms with Gasteiger partial charge in [-0.3, -0.25) is 0 Å². The van der Waals surface area contributed by atoms with Gasteiger partial charge in [0.1, 0.15) is 11.5 Å². The molecular weight excluding hydrogens is 284 g/mol. The first kappa shape index (κ1) is 12.1. The van der Waals surface area contributed by atoms with E-state index in [1.807, 2.05) is 0 Å². The SMILES string of the molecule is Oc1ccc2nc(Nc3ccc(O)c(Cl)c3)sc2c1. The largest absolute Gasteiger partial charge is 0.508 e. The lowest BCUT2D eigenvalue weighted by Crippen LogP contribution is -1.88. The molecule has 2 aromatic carbocycles. The van der Waals surface area contributed by atoms with Crippen LogP contribution in [-0.2, 0) is 0 Å². The van der Waals surface area contributed by atoms with Crippen LogP contribution in [0, 0.1) is 0 Å². The van der Waals surface area contributed by atoms with Crippen LogP contribution in [0.25, 0.3) is 10.2 Å². The normalized spacial score (nSPS) is 10.8. The maximum atomic E-state index is 9.41. The van der Waals surface area contributed by atoms with Gasteiger partial charge in [0.2, 0.25) is 0 Å². The zero-order valence-electron chi connectivity index (χ0n) is 9.59. The second kappa shape index (κ2) is 4.60.